The number of hydrogen-bond acceptors (Lipinski definition) is 3. The first-order valence-electron chi connectivity index (χ1n) is 4.40. The molecule has 1 rings (SSSR count). The van der Waals surface area contributed by atoms with Crippen LogP contribution in [0.25, 0.3) is 0 Å². The number of anilines is 1. The van der Waals surface area contributed by atoms with Gasteiger partial charge in [-0.05, 0) is 12.1 Å². The molecule has 0 aromatic carbocycles. The third-order valence-electron chi connectivity index (χ3n) is 1.55. The van der Waals surface area contributed by atoms with E-state index in [1.165, 1.54) is 0 Å². The number of nitrogens with one attached hydrogen (secondary N) is 1. The molecule has 1 N–H and O–H groups in total. The molecule has 0 aliphatic carbocycles. The highest BCUT2D eigenvalue weighted by molar-refractivity contribution is 6.29. The van der Waals surface area contributed by atoms with Crippen molar-refractivity contribution in [3.63, 3.8) is 0 Å². The van der Waals surface area contributed by atoms with Crippen molar-refractivity contribution < 1.29 is 13.5 Å². The fourth-order valence-corrected chi connectivity index (χ4v) is 1.13. The van der Waals surface area contributed by atoms with Gasteiger partial charge in [-0.2, -0.15) is 0 Å². The van der Waals surface area contributed by atoms with E-state index in [0.717, 1.165) is 5.69 Å². The minimum absolute atomic E-state index is 0.226. The van der Waals surface area contributed by atoms with E-state index in [1.807, 2.05) is 0 Å². The van der Waals surface area contributed by atoms with Gasteiger partial charge in [0.05, 0.1) is 6.61 Å². The Morgan fingerprint density at radius 3 is 3.00 bits per heavy atom. The van der Waals surface area contributed by atoms with Crippen LogP contribution in [0.1, 0.15) is 0 Å². The molecule has 0 saturated heterocycles. The van der Waals surface area contributed by atoms with Gasteiger partial charge in [0.1, 0.15) is 11.8 Å². The summed E-state index contributed by atoms with van der Waals surface area (Å²) in [6, 6.07) is 3.38. The molecular formula is C9H11ClF2N2O. The monoisotopic (exact) mass is 236 g/mol. The number of hydrogen-bond donors (Lipinski definition) is 1. The zero-order chi connectivity index (χ0) is 11.1. The predicted octanol–water partition coefficient (Wildman–Crippen LogP) is 2.43. The zero-order valence-corrected chi connectivity index (χ0v) is 8.68. The zero-order valence-electron chi connectivity index (χ0n) is 7.92. The van der Waals surface area contributed by atoms with Gasteiger partial charge in [-0.1, -0.05) is 11.6 Å². The van der Waals surface area contributed by atoms with Crippen molar-refractivity contribution in [1.82, 2.24) is 4.98 Å². The number of halogens is 3. The Hall–Kier alpha value is -0.940. The summed E-state index contributed by atoms with van der Waals surface area (Å²) in [5.41, 5.74) is 0.788. The van der Waals surface area contributed by atoms with E-state index in [1.54, 1.807) is 18.3 Å². The highest BCUT2D eigenvalue weighted by atomic mass is 35.5. The predicted molar refractivity (Wildman–Crippen MR) is 54.6 cm³/mol. The normalized spacial score (nSPS) is 10.7. The van der Waals surface area contributed by atoms with Crippen LogP contribution in [-0.2, 0) is 4.74 Å². The fraction of sp³-hybridized carbons (Fsp3) is 0.444. The van der Waals surface area contributed by atoms with Crippen molar-refractivity contribution in [2.24, 2.45) is 0 Å². The standard InChI is InChI=1S/C9H11ClF2N2O/c10-8-5-7(1-2-14-8)13-3-4-15-6-9(11)12/h1-2,5,9H,3-4,6H2,(H,13,14). The molecule has 3 nitrogen and oxygen atoms in total. The van der Waals surface area contributed by atoms with E-state index < -0.39 is 13.0 Å². The molecule has 0 atom stereocenters. The topological polar surface area (TPSA) is 34.1 Å². The third-order valence-corrected chi connectivity index (χ3v) is 1.75. The fourth-order valence-electron chi connectivity index (χ4n) is 0.952. The first kappa shape index (κ1) is 12.1. The van der Waals surface area contributed by atoms with Crippen LogP contribution in [0.15, 0.2) is 18.3 Å². The van der Waals surface area contributed by atoms with Crippen LogP contribution in [0.5, 0.6) is 0 Å². The number of nitrogens with zero attached hydrogens (tertiary/aromatic N) is 1. The maximum atomic E-state index is 11.7. The Balaban J connectivity index is 2.15. The number of alkyl halides is 2. The molecule has 0 saturated carbocycles. The second-order valence-electron chi connectivity index (χ2n) is 2.76. The molecule has 0 fully saturated rings. The Morgan fingerprint density at radius 2 is 2.33 bits per heavy atom. The van der Waals surface area contributed by atoms with Crippen molar-refractivity contribution in [1.29, 1.82) is 0 Å². The summed E-state index contributed by atoms with van der Waals surface area (Å²) in [6.07, 6.45) is -0.856. The summed E-state index contributed by atoms with van der Waals surface area (Å²) >= 11 is 5.64. The van der Waals surface area contributed by atoms with Gasteiger partial charge in [-0.25, -0.2) is 13.8 Å². The molecule has 6 heteroatoms. The average Bonchev–Trinajstić information content (AvgIpc) is 2.17. The molecular weight excluding hydrogens is 226 g/mol. The van der Waals surface area contributed by atoms with E-state index in [9.17, 15) is 8.78 Å². The average molecular weight is 237 g/mol. The number of aromatic nitrogens is 1. The summed E-state index contributed by atoms with van der Waals surface area (Å²) in [4.78, 5) is 3.80. The van der Waals surface area contributed by atoms with Crippen LogP contribution in [-0.4, -0.2) is 31.2 Å². The second kappa shape index (κ2) is 6.53. The molecule has 0 radical (unpaired) electrons. The third kappa shape index (κ3) is 5.49. The summed E-state index contributed by atoms with van der Waals surface area (Å²) in [7, 11) is 0. The van der Waals surface area contributed by atoms with Crippen LogP contribution in [0, 0.1) is 0 Å². The number of ether oxygens (including phenoxy) is 1. The van der Waals surface area contributed by atoms with Crippen LogP contribution in [0.3, 0.4) is 0 Å². The first-order chi connectivity index (χ1) is 7.18. The molecule has 1 aromatic rings. The van der Waals surface area contributed by atoms with Gasteiger partial charge in [-0.15, -0.1) is 0 Å². The summed E-state index contributed by atoms with van der Waals surface area (Å²) < 4.78 is 28.0. The highest BCUT2D eigenvalue weighted by Gasteiger charge is 2.00. The molecule has 0 aliphatic heterocycles. The van der Waals surface area contributed by atoms with Gasteiger partial charge >= 0.3 is 0 Å². The molecule has 0 aliphatic rings. The van der Waals surface area contributed by atoms with Crippen LogP contribution in [0.2, 0.25) is 5.15 Å². The van der Waals surface area contributed by atoms with Gasteiger partial charge in [0, 0.05) is 18.4 Å². The van der Waals surface area contributed by atoms with Gasteiger partial charge in [-0.3, -0.25) is 0 Å². The minimum Gasteiger partial charge on any atom is -0.383 e. The van der Waals surface area contributed by atoms with Gasteiger partial charge in [0.15, 0.2) is 0 Å². The second-order valence-corrected chi connectivity index (χ2v) is 3.15. The quantitative estimate of drug-likeness (QED) is 0.609. The lowest BCUT2D eigenvalue weighted by molar-refractivity contribution is 0.0215. The van der Waals surface area contributed by atoms with Crippen molar-refractivity contribution in [2.75, 3.05) is 25.1 Å². The maximum absolute atomic E-state index is 11.7. The van der Waals surface area contributed by atoms with E-state index in [0.29, 0.717) is 11.7 Å². The van der Waals surface area contributed by atoms with E-state index >= 15 is 0 Å². The van der Waals surface area contributed by atoms with Crippen molar-refractivity contribution in [3.05, 3.63) is 23.5 Å². The Morgan fingerprint density at radius 1 is 1.53 bits per heavy atom. The lowest BCUT2D eigenvalue weighted by Gasteiger charge is -2.06. The Bertz CT molecular complexity index is 299. The van der Waals surface area contributed by atoms with Gasteiger partial charge < -0.3 is 10.1 Å². The summed E-state index contributed by atoms with van der Waals surface area (Å²) in [5.74, 6) is 0. The SMILES string of the molecule is FC(F)COCCNc1ccnc(Cl)c1. The first-order valence-corrected chi connectivity index (χ1v) is 4.77. The van der Waals surface area contributed by atoms with E-state index in [-0.39, 0.29) is 6.61 Å². The lowest BCUT2D eigenvalue weighted by Crippen LogP contribution is -2.13. The molecule has 1 aromatic heterocycles. The number of pyridine rings is 1. The molecule has 84 valence electrons. The molecule has 0 unspecified atom stereocenters. The van der Waals surface area contributed by atoms with Crippen molar-refractivity contribution >= 4 is 17.3 Å². The summed E-state index contributed by atoms with van der Waals surface area (Å²) in [5, 5.41) is 3.35. The largest absolute Gasteiger partial charge is 0.383 e. The Labute approximate surface area is 91.4 Å². The molecule has 0 bridgehead atoms. The van der Waals surface area contributed by atoms with Gasteiger partial charge in [0.2, 0.25) is 0 Å². The highest BCUT2D eigenvalue weighted by Crippen LogP contribution is 2.11. The lowest BCUT2D eigenvalue weighted by atomic mass is 10.4. The molecule has 0 amide bonds. The number of rotatable bonds is 6. The van der Waals surface area contributed by atoms with Crippen LogP contribution >= 0.6 is 11.6 Å². The van der Waals surface area contributed by atoms with Crippen LogP contribution < -0.4 is 5.32 Å². The van der Waals surface area contributed by atoms with Crippen LogP contribution in [0.4, 0.5) is 14.5 Å². The van der Waals surface area contributed by atoms with Crippen molar-refractivity contribution in [2.45, 2.75) is 6.43 Å². The maximum Gasteiger partial charge on any atom is 0.261 e. The van der Waals surface area contributed by atoms with Crippen molar-refractivity contribution in [3.8, 4) is 0 Å². The van der Waals surface area contributed by atoms with Gasteiger partial charge in [0.25, 0.3) is 6.43 Å². The Kier molecular flexibility index (Phi) is 5.28. The molecule has 15 heavy (non-hydrogen) atoms. The molecule has 1 heterocycles. The van der Waals surface area contributed by atoms with E-state index in [4.69, 9.17) is 11.6 Å². The summed E-state index contributed by atoms with van der Waals surface area (Å²) in [6.45, 7) is 0.149. The molecule has 0 spiro atoms. The van der Waals surface area contributed by atoms with E-state index in [2.05, 4.69) is 15.0 Å². The minimum atomic E-state index is -2.42. The smallest absolute Gasteiger partial charge is 0.261 e.